The third kappa shape index (κ3) is 2.02. The van der Waals surface area contributed by atoms with Crippen molar-refractivity contribution >= 4 is 11.8 Å². The number of aliphatic hydroxyl groups is 1. The molecule has 2 rings (SSSR count). The average Bonchev–Trinajstić information content (AvgIpc) is 2.17. The maximum atomic E-state index is 13.0. The number of thioether (sulfide) groups is 1. The second-order valence-electron chi connectivity index (χ2n) is 3.81. The molecule has 4 heteroatoms. The van der Waals surface area contributed by atoms with Gasteiger partial charge in [0.25, 0.3) is 0 Å². The van der Waals surface area contributed by atoms with Gasteiger partial charge in [-0.2, -0.15) is 0 Å². The second-order valence-corrected chi connectivity index (χ2v) is 4.95. The highest BCUT2D eigenvalue weighted by atomic mass is 32.2. The van der Waals surface area contributed by atoms with Gasteiger partial charge in [0.1, 0.15) is 5.82 Å². The van der Waals surface area contributed by atoms with Gasteiger partial charge in [-0.25, -0.2) is 4.39 Å². The zero-order chi connectivity index (χ0) is 10.9. The minimum Gasteiger partial charge on any atom is -0.385 e. The summed E-state index contributed by atoms with van der Waals surface area (Å²) in [6, 6.07) is 4.55. The largest absolute Gasteiger partial charge is 0.385 e. The van der Waals surface area contributed by atoms with Gasteiger partial charge in [0, 0.05) is 10.6 Å². The molecule has 3 N–H and O–H groups in total. The Morgan fingerprint density at radius 3 is 3.07 bits per heavy atom. The van der Waals surface area contributed by atoms with Crippen LogP contribution in [0.3, 0.4) is 0 Å². The van der Waals surface area contributed by atoms with E-state index in [2.05, 4.69) is 0 Å². The van der Waals surface area contributed by atoms with Gasteiger partial charge in [0.05, 0.1) is 5.60 Å². The number of nitrogens with two attached hydrogens (primary N) is 1. The van der Waals surface area contributed by atoms with Crippen molar-refractivity contribution in [2.75, 3.05) is 12.3 Å². The van der Waals surface area contributed by atoms with Crippen LogP contribution in [0.2, 0.25) is 0 Å². The van der Waals surface area contributed by atoms with Gasteiger partial charge in [-0.1, -0.05) is 6.07 Å². The summed E-state index contributed by atoms with van der Waals surface area (Å²) in [6.07, 6.45) is 1.22. The molecule has 15 heavy (non-hydrogen) atoms. The molecule has 1 aliphatic heterocycles. The molecule has 1 aromatic carbocycles. The van der Waals surface area contributed by atoms with Crippen LogP contribution < -0.4 is 5.73 Å². The molecule has 1 aliphatic rings. The van der Waals surface area contributed by atoms with Crippen molar-refractivity contribution in [1.29, 1.82) is 0 Å². The quantitative estimate of drug-likeness (QED) is 0.810. The first-order chi connectivity index (χ1) is 7.15. The standard InChI is InChI=1S/C11H14FNOS/c12-8-1-2-9-10(7-8)15-6-4-11(9,14)3-5-13/h1-2,7,14H,3-6,13H2. The summed E-state index contributed by atoms with van der Waals surface area (Å²) in [4.78, 5) is 0.845. The first kappa shape index (κ1) is 10.9. The highest BCUT2D eigenvalue weighted by Crippen LogP contribution is 2.42. The number of rotatable bonds is 2. The van der Waals surface area contributed by atoms with Crippen LogP contribution in [0.25, 0.3) is 0 Å². The molecule has 0 spiro atoms. The van der Waals surface area contributed by atoms with E-state index in [-0.39, 0.29) is 5.82 Å². The van der Waals surface area contributed by atoms with E-state index in [1.54, 1.807) is 17.8 Å². The van der Waals surface area contributed by atoms with Crippen LogP contribution in [0.1, 0.15) is 18.4 Å². The summed E-state index contributed by atoms with van der Waals surface area (Å²) < 4.78 is 13.0. The number of benzene rings is 1. The molecular formula is C11H14FNOS. The third-order valence-corrected chi connectivity index (χ3v) is 3.83. The first-order valence-electron chi connectivity index (χ1n) is 5.01. The highest BCUT2D eigenvalue weighted by molar-refractivity contribution is 7.99. The van der Waals surface area contributed by atoms with Gasteiger partial charge in [0.2, 0.25) is 0 Å². The lowest BCUT2D eigenvalue weighted by Crippen LogP contribution is -2.32. The van der Waals surface area contributed by atoms with Crippen LogP contribution in [0.5, 0.6) is 0 Å². The molecule has 0 aliphatic carbocycles. The Hall–Kier alpha value is -0.580. The van der Waals surface area contributed by atoms with Crippen molar-refractivity contribution in [2.45, 2.75) is 23.3 Å². The Kier molecular flexibility index (Phi) is 3.00. The Morgan fingerprint density at radius 1 is 1.53 bits per heavy atom. The zero-order valence-corrected chi connectivity index (χ0v) is 9.19. The second kappa shape index (κ2) is 4.12. The van der Waals surface area contributed by atoms with Gasteiger partial charge in [-0.15, -0.1) is 11.8 Å². The third-order valence-electron chi connectivity index (χ3n) is 2.78. The molecule has 2 nitrogen and oxygen atoms in total. The molecule has 1 unspecified atom stereocenters. The lowest BCUT2D eigenvalue weighted by Gasteiger charge is -2.33. The molecule has 0 bridgehead atoms. The fraction of sp³-hybridized carbons (Fsp3) is 0.455. The number of hydrogen-bond acceptors (Lipinski definition) is 3. The van der Waals surface area contributed by atoms with Gasteiger partial charge in [-0.3, -0.25) is 0 Å². The monoisotopic (exact) mass is 227 g/mol. The number of halogens is 1. The van der Waals surface area contributed by atoms with Crippen LogP contribution in [-0.2, 0) is 5.60 Å². The van der Waals surface area contributed by atoms with E-state index < -0.39 is 5.60 Å². The van der Waals surface area contributed by atoms with Crippen molar-refractivity contribution in [1.82, 2.24) is 0 Å². The van der Waals surface area contributed by atoms with Gasteiger partial charge < -0.3 is 10.8 Å². The van der Waals surface area contributed by atoms with Gasteiger partial charge in [0.15, 0.2) is 0 Å². The fourth-order valence-electron chi connectivity index (χ4n) is 1.96. The number of fused-ring (bicyclic) bond motifs is 1. The maximum absolute atomic E-state index is 13.0. The van der Waals surface area contributed by atoms with Crippen molar-refractivity contribution < 1.29 is 9.50 Å². The van der Waals surface area contributed by atoms with Crippen LogP contribution in [0.15, 0.2) is 23.1 Å². The fourth-order valence-corrected chi connectivity index (χ4v) is 3.23. The smallest absolute Gasteiger partial charge is 0.124 e. The minimum absolute atomic E-state index is 0.252. The molecule has 0 saturated carbocycles. The average molecular weight is 227 g/mol. The molecule has 1 atom stereocenters. The summed E-state index contributed by atoms with van der Waals surface area (Å²) in [7, 11) is 0. The number of hydrogen-bond donors (Lipinski definition) is 2. The van der Waals surface area contributed by atoms with Crippen LogP contribution in [0.4, 0.5) is 4.39 Å². The predicted molar refractivity (Wildman–Crippen MR) is 59.3 cm³/mol. The highest BCUT2D eigenvalue weighted by Gasteiger charge is 2.33. The summed E-state index contributed by atoms with van der Waals surface area (Å²) in [5.74, 6) is 0.561. The summed E-state index contributed by atoms with van der Waals surface area (Å²) in [5.41, 5.74) is 5.46. The molecule has 0 radical (unpaired) electrons. The first-order valence-corrected chi connectivity index (χ1v) is 5.99. The van der Waals surface area contributed by atoms with Crippen molar-refractivity contribution in [3.63, 3.8) is 0 Å². The Bertz CT molecular complexity index is 372. The van der Waals surface area contributed by atoms with Crippen molar-refractivity contribution in [3.05, 3.63) is 29.6 Å². The van der Waals surface area contributed by atoms with E-state index in [0.29, 0.717) is 19.4 Å². The predicted octanol–water partition coefficient (Wildman–Crippen LogP) is 1.86. The van der Waals surface area contributed by atoms with Crippen LogP contribution in [0, 0.1) is 5.82 Å². The SMILES string of the molecule is NCCC1(O)CCSc2cc(F)ccc21. The van der Waals surface area contributed by atoms with Crippen molar-refractivity contribution in [2.24, 2.45) is 5.73 Å². The van der Waals surface area contributed by atoms with E-state index in [9.17, 15) is 9.50 Å². The van der Waals surface area contributed by atoms with E-state index >= 15 is 0 Å². The Morgan fingerprint density at radius 2 is 2.33 bits per heavy atom. The lowest BCUT2D eigenvalue weighted by molar-refractivity contribution is 0.0226. The summed E-state index contributed by atoms with van der Waals surface area (Å²) in [5, 5.41) is 10.4. The minimum atomic E-state index is -0.858. The Labute approximate surface area is 92.7 Å². The lowest BCUT2D eigenvalue weighted by atomic mass is 9.87. The molecule has 82 valence electrons. The van der Waals surface area contributed by atoms with Gasteiger partial charge >= 0.3 is 0 Å². The molecule has 0 fully saturated rings. The molecule has 1 aromatic rings. The van der Waals surface area contributed by atoms with Gasteiger partial charge in [-0.05, 0) is 37.1 Å². The summed E-state index contributed by atoms with van der Waals surface area (Å²) >= 11 is 1.59. The van der Waals surface area contributed by atoms with Crippen LogP contribution >= 0.6 is 11.8 Å². The normalized spacial score (nSPS) is 25.0. The zero-order valence-electron chi connectivity index (χ0n) is 8.37. The van der Waals surface area contributed by atoms with Crippen molar-refractivity contribution in [3.8, 4) is 0 Å². The summed E-state index contributed by atoms with van der Waals surface area (Å²) in [6.45, 7) is 0.442. The van der Waals surface area contributed by atoms with E-state index in [1.807, 2.05) is 0 Å². The topological polar surface area (TPSA) is 46.2 Å². The maximum Gasteiger partial charge on any atom is 0.124 e. The molecule has 1 heterocycles. The molecule has 0 aromatic heterocycles. The Balaban J connectivity index is 2.42. The van der Waals surface area contributed by atoms with Crippen LogP contribution in [-0.4, -0.2) is 17.4 Å². The van der Waals surface area contributed by atoms with E-state index in [4.69, 9.17) is 5.73 Å². The van der Waals surface area contributed by atoms with E-state index in [0.717, 1.165) is 16.2 Å². The van der Waals surface area contributed by atoms with E-state index in [1.165, 1.54) is 12.1 Å². The molecular weight excluding hydrogens is 213 g/mol. The molecule has 0 saturated heterocycles. The molecule has 0 amide bonds.